The Kier molecular flexibility index (Phi) is 5.65. The third-order valence-electron chi connectivity index (χ3n) is 3.61. The topological polar surface area (TPSA) is 41.1 Å². The molecule has 1 unspecified atom stereocenters. The molecule has 1 aromatic heterocycles. The summed E-state index contributed by atoms with van der Waals surface area (Å²) >= 11 is 1.80. The van der Waals surface area contributed by atoms with Gasteiger partial charge in [0, 0.05) is 10.6 Å². The molecule has 21 heavy (non-hydrogen) atoms. The number of nitrogens with one attached hydrogen (secondary N) is 2. The number of para-hydroxylation sites is 1. The summed E-state index contributed by atoms with van der Waals surface area (Å²) in [5.74, 6) is 0.0536. The fraction of sp³-hybridized carbons (Fsp3) is 0.312. The first-order valence-electron chi connectivity index (χ1n) is 6.97. The molecule has 0 bridgehead atoms. The molecule has 1 heterocycles. The second kappa shape index (κ2) is 7.48. The van der Waals surface area contributed by atoms with E-state index in [0.717, 1.165) is 24.9 Å². The van der Waals surface area contributed by atoms with Gasteiger partial charge >= 0.3 is 0 Å². The highest BCUT2D eigenvalue weighted by Crippen LogP contribution is 2.33. The first kappa shape index (κ1) is 15.9. The monoisotopic (exact) mass is 322 g/mol. The van der Waals surface area contributed by atoms with E-state index in [1.54, 1.807) is 11.3 Å². The van der Waals surface area contributed by atoms with Crippen molar-refractivity contribution in [1.82, 2.24) is 5.32 Å². The Morgan fingerprint density at radius 3 is 2.86 bits per heavy atom. The molecule has 3 rings (SSSR count). The maximum absolute atomic E-state index is 12.0. The van der Waals surface area contributed by atoms with Crippen molar-refractivity contribution in [3.05, 3.63) is 52.2 Å². The third-order valence-corrected chi connectivity index (χ3v) is 4.61. The summed E-state index contributed by atoms with van der Waals surface area (Å²) in [7, 11) is 0. The predicted molar refractivity (Wildman–Crippen MR) is 90.3 cm³/mol. The highest BCUT2D eigenvalue weighted by atomic mass is 35.5. The fourth-order valence-electron chi connectivity index (χ4n) is 2.62. The molecule has 0 fully saturated rings. The Bertz CT molecular complexity index is 585. The van der Waals surface area contributed by atoms with Gasteiger partial charge in [0.15, 0.2) is 0 Å². The van der Waals surface area contributed by atoms with Crippen LogP contribution in [0.2, 0.25) is 0 Å². The van der Waals surface area contributed by atoms with E-state index >= 15 is 0 Å². The van der Waals surface area contributed by atoms with Crippen molar-refractivity contribution in [1.29, 1.82) is 0 Å². The molecule has 3 nitrogen and oxygen atoms in total. The van der Waals surface area contributed by atoms with E-state index < -0.39 is 0 Å². The van der Waals surface area contributed by atoms with Crippen LogP contribution in [0.4, 0.5) is 5.69 Å². The number of anilines is 1. The lowest BCUT2D eigenvalue weighted by Gasteiger charge is -2.23. The average Bonchev–Trinajstić information content (AvgIpc) is 2.96. The number of halogens is 1. The summed E-state index contributed by atoms with van der Waals surface area (Å²) in [6.07, 6.45) is 3.35. The zero-order chi connectivity index (χ0) is 13.8. The number of benzene rings is 1. The van der Waals surface area contributed by atoms with Gasteiger partial charge in [-0.3, -0.25) is 4.79 Å². The van der Waals surface area contributed by atoms with Gasteiger partial charge in [0.2, 0.25) is 5.91 Å². The molecule has 1 aliphatic rings. The number of aryl methyl sites for hydroxylation is 1. The van der Waals surface area contributed by atoms with Crippen LogP contribution in [0.25, 0.3) is 0 Å². The van der Waals surface area contributed by atoms with Crippen LogP contribution in [0.5, 0.6) is 0 Å². The number of hydrogen-bond donors (Lipinski definition) is 2. The molecule has 1 aromatic carbocycles. The van der Waals surface area contributed by atoms with E-state index in [4.69, 9.17) is 0 Å². The highest BCUT2D eigenvalue weighted by molar-refractivity contribution is 7.10. The number of amides is 1. The minimum Gasteiger partial charge on any atom is -0.376 e. The van der Waals surface area contributed by atoms with Crippen LogP contribution in [0.15, 0.2) is 41.8 Å². The molecule has 2 aromatic rings. The lowest BCUT2D eigenvalue weighted by atomic mass is 9.94. The molecule has 1 atom stereocenters. The van der Waals surface area contributed by atoms with Gasteiger partial charge in [-0.1, -0.05) is 18.2 Å². The molecule has 1 amide bonds. The number of thiophene rings is 1. The first-order chi connectivity index (χ1) is 9.83. The molecule has 5 heteroatoms. The number of fused-ring (bicyclic) bond motifs is 1. The standard InChI is InChI=1S/C16H18N2OS.ClH/c19-16(11-17-12-5-2-1-3-6-12)18-14-7-4-8-15-13(14)9-10-20-15;/h1-3,5-6,9-10,14,17H,4,7-8,11H2,(H,18,19);1H. The average molecular weight is 323 g/mol. The predicted octanol–water partition coefficient (Wildman–Crippen LogP) is 3.78. The minimum atomic E-state index is 0. The maximum atomic E-state index is 12.0. The van der Waals surface area contributed by atoms with E-state index in [0.29, 0.717) is 6.54 Å². The Labute approximate surface area is 135 Å². The molecular weight excluding hydrogens is 304 g/mol. The lowest BCUT2D eigenvalue weighted by molar-refractivity contribution is -0.120. The van der Waals surface area contributed by atoms with E-state index in [1.165, 1.54) is 10.4 Å². The highest BCUT2D eigenvalue weighted by Gasteiger charge is 2.22. The zero-order valence-corrected chi connectivity index (χ0v) is 13.3. The fourth-order valence-corrected chi connectivity index (χ4v) is 3.61. The minimum absolute atomic E-state index is 0. The van der Waals surface area contributed by atoms with Gasteiger partial charge in [0.1, 0.15) is 0 Å². The summed E-state index contributed by atoms with van der Waals surface area (Å²) in [6, 6.07) is 12.1. The number of carbonyl (C=O) groups is 1. The van der Waals surface area contributed by atoms with Crippen LogP contribution < -0.4 is 10.6 Å². The lowest BCUT2D eigenvalue weighted by Crippen LogP contribution is -2.34. The van der Waals surface area contributed by atoms with Crippen molar-refractivity contribution in [2.24, 2.45) is 0 Å². The van der Waals surface area contributed by atoms with Crippen molar-refractivity contribution in [2.45, 2.75) is 25.3 Å². The van der Waals surface area contributed by atoms with E-state index in [1.807, 2.05) is 30.3 Å². The molecule has 0 spiro atoms. The molecule has 0 aliphatic heterocycles. The maximum Gasteiger partial charge on any atom is 0.239 e. The molecule has 0 saturated heterocycles. The summed E-state index contributed by atoms with van der Waals surface area (Å²) in [4.78, 5) is 13.5. The van der Waals surface area contributed by atoms with Crippen molar-refractivity contribution in [3.8, 4) is 0 Å². The SMILES string of the molecule is Cl.O=C(CNc1ccccc1)NC1CCCc2sccc21. The summed E-state index contributed by atoms with van der Waals surface area (Å²) in [5, 5.41) is 8.40. The molecule has 0 radical (unpaired) electrons. The first-order valence-corrected chi connectivity index (χ1v) is 7.85. The van der Waals surface area contributed by atoms with Crippen LogP contribution in [-0.4, -0.2) is 12.5 Å². The van der Waals surface area contributed by atoms with Gasteiger partial charge < -0.3 is 10.6 Å². The molecule has 112 valence electrons. The zero-order valence-electron chi connectivity index (χ0n) is 11.7. The van der Waals surface area contributed by atoms with Crippen LogP contribution in [0, 0.1) is 0 Å². The molecule has 2 N–H and O–H groups in total. The van der Waals surface area contributed by atoms with Gasteiger partial charge in [-0.25, -0.2) is 0 Å². The van der Waals surface area contributed by atoms with Gasteiger partial charge in [0.25, 0.3) is 0 Å². The Morgan fingerprint density at radius 1 is 1.24 bits per heavy atom. The van der Waals surface area contributed by atoms with Crippen LogP contribution in [0.1, 0.15) is 29.3 Å². The number of carbonyl (C=O) groups excluding carboxylic acids is 1. The van der Waals surface area contributed by atoms with Gasteiger partial charge in [-0.15, -0.1) is 23.7 Å². The normalized spacial score (nSPS) is 16.5. The van der Waals surface area contributed by atoms with Crippen molar-refractivity contribution in [2.75, 3.05) is 11.9 Å². The molecular formula is C16H19ClN2OS. The largest absolute Gasteiger partial charge is 0.376 e. The van der Waals surface area contributed by atoms with Crippen molar-refractivity contribution >= 4 is 35.3 Å². The Hall–Kier alpha value is -1.52. The quantitative estimate of drug-likeness (QED) is 0.899. The van der Waals surface area contributed by atoms with Crippen molar-refractivity contribution in [3.63, 3.8) is 0 Å². The Balaban J connectivity index is 0.00000161. The van der Waals surface area contributed by atoms with E-state index in [-0.39, 0.29) is 24.4 Å². The third kappa shape index (κ3) is 3.99. The van der Waals surface area contributed by atoms with Gasteiger partial charge in [0.05, 0.1) is 12.6 Å². The van der Waals surface area contributed by atoms with Crippen molar-refractivity contribution < 1.29 is 4.79 Å². The molecule has 1 aliphatic carbocycles. The summed E-state index contributed by atoms with van der Waals surface area (Å²) in [6.45, 7) is 0.319. The summed E-state index contributed by atoms with van der Waals surface area (Å²) in [5.41, 5.74) is 2.29. The molecule has 0 saturated carbocycles. The smallest absolute Gasteiger partial charge is 0.239 e. The van der Waals surface area contributed by atoms with E-state index in [9.17, 15) is 4.79 Å². The van der Waals surface area contributed by atoms with Crippen LogP contribution in [0.3, 0.4) is 0 Å². The van der Waals surface area contributed by atoms with Gasteiger partial charge in [-0.05, 0) is 48.4 Å². The van der Waals surface area contributed by atoms with E-state index in [2.05, 4.69) is 22.1 Å². The second-order valence-corrected chi connectivity index (χ2v) is 6.03. The van der Waals surface area contributed by atoms with Crippen LogP contribution in [-0.2, 0) is 11.2 Å². The van der Waals surface area contributed by atoms with Crippen LogP contribution >= 0.6 is 23.7 Å². The second-order valence-electron chi connectivity index (χ2n) is 5.03. The summed E-state index contributed by atoms with van der Waals surface area (Å²) < 4.78 is 0. The number of rotatable bonds is 4. The number of hydrogen-bond acceptors (Lipinski definition) is 3. The van der Waals surface area contributed by atoms with Gasteiger partial charge in [-0.2, -0.15) is 0 Å². The Morgan fingerprint density at radius 2 is 2.05 bits per heavy atom.